The molecule has 2 N–H and O–H groups in total. The lowest BCUT2D eigenvalue weighted by Crippen LogP contribution is -2.34. The smallest absolute Gasteiger partial charge is 0.265 e. The maximum atomic E-state index is 12.1. The fourth-order valence-corrected chi connectivity index (χ4v) is 2.73. The molecule has 0 saturated heterocycles. The Morgan fingerprint density at radius 1 is 1.27 bits per heavy atom. The van der Waals surface area contributed by atoms with Gasteiger partial charge in [-0.1, -0.05) is 11.6 Å². The number of anilines is 2. The zero-order valence-corrected chi connectivity index (χ0v) is 15.4. The maximum Gasteiger partial charge on any atom is 0.265 e. The predicted molar refractivity (Wildman–Crippen MR) is 100 cm³/mol. The van der Waals surface area contributed by atoms with E-state index in [0.717, 1.165) is 11.1 Å². The molecule has 0 aliphatic carbocycles. The van der Waals surface area contributed by atoms with Gasteiger partial charge in [0.2, 0.25) is 0 Å². The van der Waals surface area contributed by atoms with E-state index < -0.39 is 6.10 Å². The Hall–Kier alpha value is -2.73. The lowest BCUT2D eigenvalue weighted by Gasteiger charge is -2.23. The molecule has 3 rings (SSSR count). The van der Waals surface area contributed by atoms with E-state index in [0.29, 0.717) is 27.9 Å². The van der Waals surface area contributed by atoms with Crippen LogP contribution < -0.4 is 20.1 Å². The Kier molecular flexibility index (Phi) is 5.04. The number of carbonyl (C=O) groups is 2. The minimum Gasteiger partial charge on any atom is -0.484 e. The van der Waals surface area contributed by atoms with Gasteiger partial charge in [-0.3, -0.25) is 9.59 Å². The summed E-state index contributed by atoms with van der Waals surface area (Å²) in [4.78, 5) is 23.8. The first-order valence-electron chi connectivity index (χ1n) is 8.14. The molecule has 1 aliphatic heterocycles. The number of fused-ring (bicyclic) bond motifs is 1. The van der Waals surface area contributed by atoms with Crippen LogP contribution in [0.2, 0.25) is 5.02 Å². The molecule has 1 atom stereocenters. The van der Waals surface area contributed by atoms with E-state index in [9.17, 15) is 9.59 Å². The Bertz CT molecular complexity index is 859. The van der Waals surface area contributed by atoms with E-state index in [1.165, 1.54) is 0 Å². The van der Waals surface area contributed by atoms with E-state index in [4.69, 9.17) is 21.1 Å². The van der Waals surface area contributed by atoms with Crippen LogP contribution >= 0.6 is 11.6 Å². The average molecular weight is 375 g/mol. The van der Waals surface area contributed by atoms with Crippen molar-refractivity contribution in [3.63, 3.8) is 0 Å². The molecule has 1 heterocycles. The monoisotopic (exact) mass is 374 g/mol. The summed E-state index contributed by atoms with van der Waals surface area (Å²) in [6.45, 7) is 5.29. The Morgan fingerprint density at radius 2 is 1.96 bits per heavy atom. The van der Waals surface area contributed by atoms with Gasteiger partial charge >= 0.3 is 0 Å². The maximum absolute atomic E-state index is 12.1. The molecule has 0 radical (unpaired) electrons. The van der Waals surface area contributed by atoms with E-state index in [1.807, 2.05) is 13.8 Å². The van der Waals surface area contributed by atoms with Crippen LogP contribution in [0.15, 0.2) is 30.3 Å². The Morgan fingerprint density at radius 3 is 2.65 bits per heavy atom. The van der Waals surface area contributed by atoms with Gasteiger partial charge < -0.3 is 20.1 Å². The van der Waals surface area contributed by atoms with Gasteiger partial charge in [0, 0.05) is 10.7 Å². The quantitative estimate of drug-likeness (QED) is 0.855. The van der Waals surface area contributed by atoms with Crippen LogP contribution in [0.25, 0.3) is 0 Å². The summed E-state index contributed by atoms with van der Waals surface area (Å²) in [6, 6.07) is 8.63. The topological polar surface area (TPSA) is 76.7 Å². The van der Waals surface area contributed by atoms with E-state index in [2.05, 4.69) is 10.6 Å². The number of hydrogen-bond acceptors (Lipinski definition) is 4. The second kappa shape index (κ2) is 7.25. The van der Waals surface area contributed by atoms with Gasteiger partial charge in [-0.05, 0) is 62.2 Å². The van der Waals surface area contributed by atoms with Crippen molar-refractivity contribution in [2.24, 2.45) is 0 Å². The summed E-state index contributed by atoms with van der Waals surface area (Å²) in [5.74, 6) is 0.613. The minimum atomic E-state index is -0.539. The van der Waals surface area contributed by atoms with Gasteiger partial charge in [-0.15, -0.1) is 0 Å². The van der Waals surface area contributed by atoms with E-state index >= 15 is 0 Å². The van der Waals surface area contributed by atoms with Crippen LogP contribution in [0, 0.1) is 13.8 Å². The molecular formula is C19H19ClN2O4. The Labute approximate surface area is 156 Å². The van der Waals surface area contributed by atoms with E-state index in [-0.39, 0.29) is 18.4 Å². The molecule has 1 unspecified atom stereocenters. The molecule has 0 spiro atoms. The van der Waals surface area contributed by atoms with Crippen molar-refractivity contribution in [1.29, 1.82) is 0 Å². The molecule has 0 fully saturated rings. The zero-order valence-electron chi connectivity index (χ0n) is 14.7. The van der Waals surface area contributed by atoms with Crippen molar-refractivity contribution in [1.82, 2.24) is 0 Å². The third-order valence-corrected chi connectivity index (χ3v) is 4.57. The Balaban J connectivity index is 1.62. The van der Waals surface area contributed by atoms with Crippen molar-refractivity contribution in [3.8, 4) is 11.5 Å². The van der Waals surface area contributed by atoms with Crippen LogP contribution in [0.5, 0.6) is 11.5 Å². The van der Waals surface area contributed by atoms with Gasteiger partial charge in [0.25, 0.3) is 11.8 Å². The minimum absolute atomic E-state index is 0.141. The van der Waals surface area contributed by atoms with Crippen molar-refractivity contribution >= 4 is 34.8 Å². The third kappa shape index (κ3) is 3.91. The van der Waals surface area contributed by atoms with Gasteiger partial charge in [0.05, 0.1) is 5.69 Å². The number of aryl methyl sites for hydroxylation is 2. The van der Waals surface area contributed by atoms with Crippen LogP contribution in [0.3, 0.4) is 0 Å². The second-order valence-electron chi connectivity index (χ2n) is 6.17. The molecule has 2 aromatic carbocycles. The molecule has 1 aliphatic rings. The molecule has 26 heavy (non-hydrogen) atoms. The summed E-state index contributed by atoms with van der Waals surface area (Å²) >= 11 is 6.12. The highest BCUT2D eigenvalue weighted by molar-refractivity contribution is 6.32. The lowest BCUT2D eigenvalue weighted by molar-refractivity contribution is -0.122. The van der Waals surface area contributed by atoms with Crippen molar-refractivity contribution in [2.45, 2.75) is 26.9 Å². The largest absolute Gasteiger partial charge is 0.484 e. The number of benzene rings is 2. The molecule has 0 saturated carbocycles. The van der Waals surface area contributed by atoms with Gasteiger partial charge in [0.1, 0.15) is 11.5 Å². The number of carbonyl (C=O) groups excluding carboxylic acids is 2. The van der Waals surface area contributed by atoms with Crippen LogP contribution in [0.1, 0.15) is 18.1 Å². The average Bonchev–Trinajstić information content (AvgIpc) is 2.59. The highest BCUT2D eigenvalue weighted by Crippen LogP contribution is 2.32. The number of halogens is 1. The summed E-state index contributed by atoms with van der Waals surface area (Å²) in [5, 5.41) is 6.16. The highest BCUT2D eigenvalue weighted by Gasteiger charge is 2.23. The van der Waals surface area contributed by atoms with Crippen molar-refractivity contribution in [2.75, 3.05) is 17.2 Å². The van der Waals surface area contributed by atoms with Crippen LogP contribution in [0.4, 0.5) is 11.4 Å². The molecule has 0 aromatic heterocycles. The fourth-order valence-electron chi connectivity index (χ4n) is 2.62. The molecule has 0 bridgehead atoms. The van der Waals surface area contributed by atoms with Crippen LogP contribution in [-0.4, -0.2) is 24.5 Å². The van der Waals surface area contributed by atoms with Gasteiger partial charge in [0.15, 0.2) is 12.7 Å². The number of amides is 2. The number of rotatable bonds is 4. The van der Waals surface area contributed by atoms with E-state index in [1.54, 1.807) is 37.3 Å². The van der Waals surface area contributed by atoms with Crippen molar-refractivity contribution < 1.29 is 19.1 Å². The van der Waals surface area contributed by atoms with Crippen molar-refractivity contribution in [3.05, 3.63) is 46.5 Å². The first-order valence-corrected chi connectivity index (χ1v) is 8.52. The molecule has 2 aromatic rings. The zero-order chi connectivity index (χ0) is 18.8. The molecule has 2 amide bonds. The highest BCUT2D eigenvalue weighted by atomic mass is 35.5. The fraction of sp³-hybridized carbons (Fsp3) is 0.263. The normalized spacial score (nSPS) is 15.5. The summed E-state index contributed by atoms with van der Waals surface area (Å²) in [5.41, 5.74) is 2.85. The number of hydrogen-bond donors (Lipinski definition) is 2. The van der Waals surface area contributed by atoms with Gasteiger partial charge in [-0.2, -0.15) is 0 Å². The molecular weight excluding hydrogens is 356 g/mol. The summed E-state index contributed by atoms with van der Waals surface area (Å²) in [6.07, 6.45) is -0.539. The van der Waals surface area contributed by atoms with Crippen LogP contribution in [-0.2, 0) is 9.59 Å². The summed E-state index contributed by atoms with van der Waals surface area (Å²) < 4.78 is 11.0. The van der Waals surface area contributed by atoms with Gasteiger partial charge in [-0.25, -0.2) is 0 Å². The third-order valence-electron chi connectivity index (χ3n) is 3.97. The lowest BCUT2D eigenvalue weighted by atomic mass is 10.1. The molecule has 7 heteroatoms. The first-order chi connectivity index (χ1) is 12.3. The molecule has 136 valence electrons. The second-order valence-corrected chi connectivity index (χ2v) is 6.55. The standard InChI is InChI=1S/C19H19ClN2O4/c1-10-6-14(7-11(2)18(10)20)25-9-17(23)21-13-4-5-16-15(8-13)22-19(24)12(3)26-16/h4-8,12H,9H2,1-3H3,(H,21,23)(H,22,24). The number of nitrogens with one attached hydrogen (secondary N) is 2. The predicted octanol–water partition coefficient (Wildman–Crippen LogP) is 3.69. The SMILES string of the molecule is Cc1cc(OCC(=O)Nc2ccc3c(c2)NC(=O)C(C)O3)cc(C)c1Cl. The first kappa shape index (κ1) is 18.1. The molecule has 6 nitrogen and oxygen atoms in total. The number of ether oxygens (including phenoxy) is 2. The summed E-state index contributed by atoms with van der Waals surface area (Å²) in [7, 11) is 0.